The van der Waals surface area contributed by atoms with Crippen LogP contribution >= 0.6 is 0 Å². The van der Waals surface area contributed by atoms with Crippen LogP contribution in [0.25, 0.3) is 11.1 Å². The number of nitrogen functional groups attached to an aromatic ring is 1. The Bertz CT molecular complexity index is 784. The van der Waals surface area contributed by atoms with E-state index in [1.807, 2.05) is 4.90 Å². The zero-order valence-corrected chi connectivity index (χ0v) is 13.8. The van der Waals surface area contributed by atoms with Gasteiger partial charge in [-0.2, -0.15) is 4.98 Å². The van der Waals surface area contributed by atoms with Gasteiger partial charge in [-0.1, -0.05) is 6.07 Å². The molecule has 1 aliphatic rings. The van der Waals surface area contributed by atoms with Crippen molar-refractivity contribution in [2.24, 2.45) is 0 Å². The first-order valence-corrected chi connectivity index (χ1v) is 7.72. The van der Waals surface area contributed by atoms with Gasteiger partial charge in [0, 0.05) is 26.2 Å². The Morgan fingerprint density at radius 3 is 2.50 bits per heavy atom. The molecule has 1 aromatic heterocycles. The van der Waals surface area contributed by atoms with Gasteiger partial charge in [-0.25, -0.2) is 0 Å². The number of aromatic amines is 1. The average molecular weight is 331 g/mol. The van der Waals surface area contributed by atoms with E-state index in [-0.39, 0.29) is 11.4 Å². The van der Waals surface area contributed by atoms with E-state index in [1.165, 1.54) is 0 Å². The summed E-state index contributed by atoms with van der Waals surface area (Å²) in [5, 5.41) is 3.26. The van der Waals surface area contributed by atoms with E-state index >= 15 is 0 Å². The third-order valence-corrected chi connectivity index (χ3v) is 4.02. The van der Waals surface area contributed by atoms with E-state index in [9.17, 15) is 4.79 Å². The molecule has 0 aliphatic carbocycles. The topological polar surface area (TPSA) is 106 Å². The van der Waals surface area contributed by atoms with E-state index in [0.29, 0.717) is 28.6 Å². The minimum Gasteiger partial charge on any atom is -0.493 e. The number of anilines is 2. The number of piperazine rings is 1. The summed E-state index contributed by atoms with van der Waals surface area (Å²) in [6.07, 6.45) is 0. The number of hydrogen-bond acceptors (Lipinski definition) is 7. The first kappa shape index (κ1) is 16.1. The molecule has 3 rings (SSSR count). The molecule has 8 heteroatoms. The van der Waals surface area contributed by atoms with Gasteiger partial charge in [0.15, 0.2) is 11.5 Å². The molecule has 2 heterocycles. The van der Waals surface area contributed by atoms with Gasteiger partial charge in [0.25, 0.3) is 5.56 Å². The van der Waals surface area contributed by atoms with Crippen LogP contribution in [0.15, 0.2) is 23.0 Å². The van der Waals surface area contributed by atoms with Crippen LogP contribution in [0.1, 0.15) is 0 Å². The number of benzene rings is 1. The molecule has 24 heavy (non-hydrogen) atoms. The van der Waals surface area contributed by atoms with Gasteiger partial charge in [-0.3, -0.25) is 9.78 Å². The molecular weight excluding hydrogens is 310 g/mol. The van der Waals surface area contributed by atoms with Gasteiger partial charge < -0.3 is 25.4 Å². The Kier molecular flexibility index (Phi) is 4.57. The normalized spacial score (nSPS) is 14.5. The summed E-state index contributed by atoms with van der Waals surface area (Å²) in [5.41, 5.74) is 6.76. The zero-order chi connectivity index (χ0) is 17.1. The number of nitrogens with two attached hydrogens (primary N) is 1. The molecule has 8 nitrogen and oxygen atoms in total. The molecule has 0 bridgehead atoms. The summed E-state index contributed by atoms with van der Waals surface area (Å²) in [6, 6.07) is 5.21. The molecule has 1 fully saturated rings. The van der Waals surface area contributed by atoms with Crippen LogP contribution in [0.5, 0.6) is 11.5 Å². The first-order valence-electron chi connectivity index (χ1n) is 7.72. The van der Waals surface area contributed by atoms with Crippen LogP contribution in [0.4, 0.5) is 11.8 Å². The highest BCUT2D eigenvalue weighted by Gasteiger charge is 2.18. The van der Waals surface area contributed by atoms with Crippen LogP contribution in [-0.4, -0.2) is 50.4 Å². The second kappa shape index (κ2) is 6.79. The molecule has 0 spiro atoms. The molecule has 1 saturated heterocycles. The number of aromatic nitrogens is 2. The zero-order valence-electron chi connectivity index (χ0n) is 13.8. The van der Waals surface area contributed by atoms with Crippen molar-refractivity contribution in [3.8, 4) is 22.6 Å². The number of nitrogens with one attached hydrogen (secondary N) is 2. The summed E-state index contributed by atoms with van der Waals surface area (Å²) < 4.78 is 10.5. The standard InChI is InChI=1S/C16H21N5O3/c1-23-11-4-3-10(9-12(11)24-2)13-14(17)19-16(20-15(13)22)21-7-5-18-6-8-21/h3-4,9,18H,5-8H2,1-2H3,(H3,17,19,20,22). The molecule has 0 unspecified atom stereocenters. The van der Waals surface area contributed by atoms with E-state index in [4.69, 9.17) is 15.2 Å². The summed E-state index contributed by atoms with van der Waals surface area (Å²) in [4.78, 5) is 21.8. The number of rotatable bonds is 4. The minimum atomic E-state index is -0.275. The number of nitrogens with zero attached hydrogens (tertiary/aromatic N) is 2. The number of H-pyrrole nitrogens is 1. The number of hydrogen-bond donors (Lipinski definition) is 3. The number of methoxy groups -OCH3 is 2. The van der Waals surface area contributed by atoms with Crippen LogP contribution in [0.2, 0.25) is 0 Å². The Labute approximate surface area is 139 Å². The Morgan fingerprint density at radius 1 is 1.17 bits per heavy atom. The molecule has 2 aromatic rings. The minimum absolute atomic E-state index is 0.194. The van der Waals surface area contributed by atoms with Gasteiger partial charge in [-0.15, -0.1) is 0 Å². The number of ether oxygens (including phenoxy) is 2. The van der Waals surface area contributed by atoms with Gasteiger partial charge >= 0.3 is 0 Å². The summed E-state index contributed by atoms with van der Waals surface area (Å²) in [6.45, 7) is 3.25. The predicted molar refractivity (Wildman–Crippen MR) is 92.9 cm³/mol. The summed E-state index contributed by atoms with van der Waals surface area (Å²) in [5.74, 6) is 1.81. The maximum absolute atomic E-state index is 12.6. The lowest BCUT2D eigenvalue weighted by molar-refractivity contribution is 0.355. The van der Waals surface area contributed by atoms with Crippen molar-refractivity contribution < 1.29 is 9.47 Å². The lowest BCUT2D eigenvalue weighted by Gasteiger charge is -2.28. The van der Waals surface area contributed by atoms with Crippen LogP contribution in [0, 0.1) is 0 Å². The summed E-state index contributed by atoms with van der Waals surface area (Å²) in [7, 11) is 3.10. The van der Waals surface area contributed by atoms with Crippen molar-refractivity contribution in [1.82, 2.24) is 15.3 Å². The molecule has 0 atom stereocenters. The van der Waals surface area contributed by atoms with Crippen molar-refractivity contribution >= 4 is 11.8 Å². The summed E-state index contributed by atoms with van der Waals surface area (Å²) >= 11 is 0. The third-order valence-electron chi connectivity index (χ3n) is 4.02. The smallest absolute Gasteiger partial charge is 0.262 e. The van der Waals surface area contributed by atoms with Gasteiger partial charge in [0.05, 0.1) is 19.8 Å². The highest BCUT2D eigenvalue weighted by atomic mass is 16.5. The highest BCUT2D eigenvalue weighted by molar-refractivity contribution is 5.75. The van der Waals surface area contributed by atoms with Crippen molar-refractivity contribution in [3.63, 3.8) is 0 Å². The molecule has 128 valence electrons. The third kappa shape index (κ3) is 3.00. The maximum Gasteiger partial charge on any atom is 0.262 e. The molecule has 4 N–H and O–H groups in total. The van der Waals surface area contributed by atoms with Gasteiger partial charge in [0.1, 0.15) is 5.82 Å². The van der Waals surface area contributed by atoms with E-state index < -0.39 is 0 Å². The van der Waals surface area contributed by atoms with Crippen molar-refractivity contribution in [1.29, 1.82) is 0 Å². The first-order chi connectivity index (χ1) is 11.6. The van der Waals surface area contributed by atoms with Gasteiger partial charge in [0.2, 0.25) is 5.95 Å². The van der Waals surface area contributed by atoms with E-state index in [2.05, 4.69) is 15.3 Å². The lowest BCUT2D eigenvalue weighted by atomic mass is 10.1. The monoisotopic (exact) mass is 331 g/mol. The molecule has 0 radical (unpaired) electrons. The molecule has 0 saturated carbocycles. The van der Waals surface area contributed by atoms with Crippen LogP contribution in [-0.2, 0) is 0 Å². The highest BCUT2D eigenvalue weighted by Crippen LogP contribution is 2.32. The SMILES string of the molecule is COc1ccc(-c2c(N)nc(N3CCNCC3)[nH]c2=O)cc1OC. The Hall–Kier alpha value is -2.74. The van der Waals surface area contributed by atoms with E-state index in [1.54, 1.807) is 32.4 Å². The lowest BCUT2D eigenvalue weighted by Crippen LogP contribution is -2.44. The fourth-order valence-electron chi connectivity index (χ4n) is 2.78. The Morgan fingerprint density at radius 2 is 1.88 bits per heavy atom. The van der Waals surface area contributed by atoms with Crippen molar-refractivity contribution in [2.75, 3.05) is 51.0 Å². The fourth-order valence-corrected chi connectivity index (χ4v) is 2.78. The molecular formula is C16H21N5O3. The average Bonchev–Trinajstić information content (AvgIpc) is 2.61. The van der Waals surface area contributed by atoms with Gasteiger partial charge in [-0.05, 0) is 17.7 Å². The van der Waals surface area contributed by atoms with E-state index in [0.717, 1.165) is 26.2 Å². The maximum atomic E-state index is 12.6. The fraction of sp³-hybridized carbons (Fsp3) is 0.375. The molecule has 1 aliphatic heterocycles. The predicted octanol–water partition coefficient (Wildman–Crippen LogP) is 0.446. The Balaban J connectivity index is 2.01. The second-order valence-electron chi connectivity index (χ2n) is 5.46. The second-order valence-corrected chi connectivity index (χ2v) is 5.46. The quantitative estimate of drug-likeness (QED) is 0.747. The largest absolute Gasteiger partial charge is 0.493 e. The van der Waals surface area contributed by atoms with Crippen molar-refractivity contribution in [3.05, 3.63) is 28.6 Å². The van der Waals surface area contributed by atoms with Crippen LogP contribution in [0.3, 0.4) is 0 Å². The molecule has 0 amide bonds. The van der Waals surface area contributed by atoms with Crippen LogP contribution < -0.4 is 31.0 Å². The van der Waals surface area contributed by atoms with Crippen molar-refractivity contribution in [2.45, 2.75) is 0 Å². The molecule has 1 aromatic carbocycles.